The van der Waals surface area contributed by atoms with Gasteiger partial charge in [0, 0.05) is 38.0 Å². The molecule has 0 aliphatic rings. The number of nitrogens with zero attached hydrogens (tertiary/aromatic N) is 5. The number of rotatable bonds is 6. The number of benzene rings is 3. The van der Waals surface area contributed by atoms with E-state index < -0.39 is 0 Å². The summed E-state index contributed by atoms with van der Waals surface area (Å²) in [4.78, 5) is 11.6. The monoisotopic (exact) mass is 407 g/mol. The maximum atomic E-state index is 4.77. The average Bonchev–Trinajstić information content (AvgIpc) is 2.83. The van der Waals surface area contributed by atoms with Crippen LogP contribution >= 0.6 is 0 Å². The molecule has 4 aromatic rings. The molecule has 0 fully saturated rings. The lowest BCUT2D eigenvalue weighted by atomic mass is 10.1. The van der Waals surface area contributed by atoms with Crippen molar-refractivity contribution in [1.82, 2.24) is 9.97 Å². The van der Waals surface area contributed by atoms with E-state index in [1.807, 2.05) is 82.0 Å². The zero-order chi connectivity index (χ0) is 21.6. The molecule has 0 saturated heterocycles. The van der Waals surface area contributed by atoms with E-state index >= 15 is 0 Å². The normalized spacial score (nSPS) is 10.9. The number of hydrogen-bond donors (Lipinski definition) is 0. The summed E-state index contributed by atoms with van der Waals surface area (Å²) in [6.07, 6.45) is 1.82. The highest BCUT2D eigenvalue weighted by atomic mass is 15.5. The molecule has 5 heteroatoms. The second-order valence-corrected chi connectivity index (χ2v) is 7.42. The lowest BCUT2D eigenvalue weighted by Gasteiger charge is -2.14. The smallest absolute Gasteiger partial charge is 0.247 e. The van der Waals surface area contributed by atoms with Crippen molar-refractivity contribution in [2.75, 3.05) is 31.1 Å². The van der Waals surface area contributed by atoms with Gasteiger partial charge in [-0.3, -0.25) is 0 Å². The SMILES string of the molecule is CN(C)c1ccc(/C=N/N(C)c2nc(-c3ccccc3)cc(-c3ccccc3)n2)cc1. The van der Waals surface area contributed by atoms with E-state index in [2.05, 4.69) is 46.4 Å². The van der Waals surface area contributed by atoms with Gasteiger partial charge in [-0.1, -0.05) is 72.8 Å². The van der Waals surface area contributed by atoms with E-state index in [0.29, 0.717) is 5.95 Å². The summed E-state index contributed by atoms with van der Waals surface area (Å²) in [5.74, 6) is 0.543. The molecule has 0 unspecified atom stereocenters. The van der Waals surface area contributed by atoms with E-state index in [9.17, 15) is 0 Å². The van der Waals surface area contributed by atoms with Crippen molar-refractivity contribution in [2.45, 2.75) is 0 Å². The van der Waals surface area contributed by atoms with Crippen LogP contribution in [0.2, 0.25) is 0 Å². The van der Waals surface area contributed by atoms with Crippen LogP contribution in [0.1, 0.15) is 5.56 Å². The molecule has 0 atom stereocenters. The molecule has 0 aliphatic carbocycles. The fourth-order valence-electron chi connectivity index (χ4n) is 3.16. The van der Waals surface area contributed by atoms with E-state index in [1.165, 1.54) is 0 Å². The summed E-state index contributed by atoms with van der Waals surface area (Å²) in [6.45, 7) is 0. The number of anilines is 2. The highest BCUT2D eigenvalue weighted by Crippen LogP contribution is 2.26. The van der Waals surface area contributed by atoms with Crippen LogP contribution in [-0.2, 0) is 0 Å². The second-order valence-electron chi connectivity index (χ2n) is 7.42. The van der Waals surface area contributed by atoms with Crippen molar-refractivity contribution in [2.24, 2.45) is 5.10 Å². The highest BCUT2D eigenvalue weighted by Gasteiger charge is 2.11. The zero-order valence-corrected chi connectivity index (χ0v) is 18.0. The summed E-state index contributed by atoms with van der Waals surface area (Å²) < 4.78 is 0. The Hall–Kier alpha value is -3.99. The Labute approximate surface area is 183 Å². The standard InChI is InChI=1S/C26H25N5/c1-30(2)23-16-14-20(15-17-23)19-27-31(3)26-28-24(21-10-6-4-7-11-21)18-25(29-26)22-12-8-5-9-13-22/h4-19H,1-3H3/b27-19+. The molecule has 4 rings (SSSR count). The topological polar surface area (TPSA) is 44.6 Å². The van der Waals surface area contributed by atoms with E-state index in [1.54, 1.807) is 5.01 Å². The third kappa shape index (κ3) is 4.95. The third-order valence-corrected chi connectivity index (χ3v) is 4.93. The molecule has 0 spiro atoms. The number of aromatic nitrogens is 2. The minimum absolute atomic E-state index is 0.543. The Balaban J connectivity index is 1.67. The van der Waals surface area contributed by atoms with Crippen molar-refractivity contribution >= 4 is 17.9 Å². The molecule has 154 valence electrons. The van der Waals surface area contributed by atoms with Gasteiger partial charge >= 0.3 is 0 Å². The van der Waals surface area contributed by atoms with Crippen molar-refractivity contribution in [3.05, 3.63) is 96.6 Å². The molecule has 31 heavy (non-hydrogen) atoms. The van der Waals surface area contributed by atoms with Gasteiger partial charge in [-0.05, 0) is 23.8 Å². The molecule has 0 amide bonds. The molecule has 0 bridgehead atoms. The van der Waals surface area contributed by atoms with Crippen molar-refractivity contribution in [1.29, 1.82) is 0 Å². The minimum Gasteiger partial charge on any atom is -0.378 e. The van der Waals surface area contributed by atoms with E-state index in [4.69, 9.17) is 9.97 Å². The van der Waals surface area contributed by atoms with Gasteiger partial charge in [0.05, 0.1) is 17.6 Å². The Bertz CT molecular complexity index is 1100. The molecule has 5 nitrogen and oxygen atoms in total. The van der Waals surface area contributed by atoms with Crippen LogP contribution in [0, 0.1) is 0 Å². The van der Waals surface area contributed by atoms with E-state index in [-0.39, 0.29) is 0 Å². The highest BCUT2D eigenvalue weighted by molar-refractivity contribution is 5.81. The number of hydrazone groups is 1. The van der Waals surface area contributed by atoms with Crippen molar-refractivity contribution in [3.8, 4) is 22.5 Å². The maximum absolute atomic E-state index is 4.77. The van der Waals surface area contributed by atoms with Crippen LogP contribution in [0.4, 0.5) is 11.6 Å². The largest absolute Gasteiger partial charge is 0.378 e. The average molecular weight is 408 g/mol. The van der Waals surface area contributed by atoms with E-state index in [0.717, 1.165) is 33.8 Å². The molecule has 1 aromatic heterocycles. The first-order chi connectivity index (χ1) is 15.1. The van der Waals surface area contributed by atoms with Crippen LogP contribution < -0.4 is 9.91 Å². The minimum atomic E-state index is 0.543. The quantitative estimate of drug-likeness (QED) is 0.319. The summed E-state index contributed by atoms with van der Waals surface area (Å²) in [5, 5.41) is 6.29. The molecule has 3 aromatic carbocycles. The molecule has 1 heterocycles. The molecular weight excluding hydrogens is 382 g/mol. The Morgan fingerprint density at radius 3 is 1.68 bits per heavy atom. The molecule has 0 radical (unpaired) electrons. The molecule has 0 N–H and O–H groups in total. The first-order valence-corrected chi connectivity index (χ1v) is 10.2. The van der Waals surface area contributed by atoms with Gasteiger partial charge in [0.25, 0.3) is 0 Å². The van der Waals surface area contributed by atoms with Crippen LogP contribution in [0.25, 0.3) is 22.5 Å². The second kappa shape index (κ2) is 9.22. The predicted octanol–water partition coefficient (Wildman–Crippen LogP) is 5.35. The van der Waals surface area contributed by atoms with Gasteiger partial charge in [0.1, 0.15) is 0 Å². The Kier molecular flexibility index (Phi) is 6.03. The zero-order valence-electron chi connectivity index (χ0n) is 18.0. The van der Waals surface area contributed by atoms with Gasteiger partial charge in [0.2, 0.25) is 5.95 Å². The summed E-state index contributed by atoms with van der Waals surface area (Å²) in [7, 11) is 5.92. The van der Waals surface area contributed by atoms with Crippen LogP contribution in [0.15, 0.2) is 96.1 Å². The van der Waals surface area contributed by atoms with Crippen molar-refractivity contribution in [3.63, 3.8) is 0 Å². The van der Waals surface area contributed by atoms with Crippen LogP contribution in [0.5, 0.6) is 0 Å². The lowest BCUT2D eigenvalue weighted by molar-refractivity contribution is 0.938. The third-order valence-electron chi connectivity index (χ3n) is 4.93. The Morgan fingerprint density at radius 1 is 0.677 bits per heavy atom. The van der Waals surface area contributed by atoms with Gasteiger partial charge in [-0.25, -0.2) is 15.0 Å². The first-order valence-electron chi connectivity index (χ1n) is 10.2. The van der Waals surface area contributed by atoms with Crippen LogP contribution in [-0.4, -0.2) is 37.3 Å². The fraction of sp³-hybridized carbons (Fsp3) is 0.115. The lowest BCUT2D eigenvalue weighted by Crippen LogP contribution is -2.13. The summed E-state index contributed by atoms with van der Waals surface area (Å²) in [5.41, 5.74) is 5.97. The van der Waals surface area contributed by atoms with Crippen molar-refractivity contribution < 1.29 is 0 Å². The van der Waals surface area contributed by atoms with Gasteiger partial charge in [0.15, 0.2) is 0 Å². The number of hydrogen-bond acceptors (Lipinski definition) is 5. The molecular formula is C26H25N5. The van der Waals surface area contributed by atoms with Gasteiger partial charge in [-0.15, -0.1) is 0 Å². The van der Waals surface area contributed by atoms with Gasteiger partial charge in [-0.2, -0.15) is 5.10 Å². The van der Waals surface area contributed by atoms with Gasteiger partial charge < -0.3 is 4.90 Å². The molecule has 0 saturated carbocycles. The summed E-state index contributed by atoms with van der Waals surface area (Å²) in [6, 6.07) is 30.5. The maximum Gasteiger partial charge on any atom is 0.247 e. The first kappa shape index (κ1) is 20.3. The Morgan fingerprint density at radius 2 is 1.19 bits per heavy atom. The van der Waals surface area contributed by atoms with Crippen LogP contribution in [0.3, 0.4) is 0 Å². The summed E-state index contributed by atoms with van der Waals surface area (Å²) >= 11 is 0. The molecule has 0 aliphatic heterocycles. The predicted molar refractivity (Wildman–Crippen MR) is 130 cm³/mol. The fourth-order valence-corrected chi connectivity index (χ4v) is 3.16.